The molecular formula is C23H19Cl2N3O3. The summed E-state index contributed by atoms with van der Waals surface area (Å²) < 4.78 is 5.60. The van der Waals surface area contributed by atoms with Crippen LogP contribution in [0.1, 0.15) is 11.1 Å². The second-order valence-electron chi connectivity index (χ2n) is 6.46. The molecule has 0 heterocycles. The molecule has 0 saturated carbocycles. The fraction of sp³-hybridized carbons (Fsp3) is 0.0870. The van der Waals surface area contributed by atoms with E-state index in [1.807, 2.05) is 30.3 Å². The maximum absolute atomic E-state index is 12.2. The van der Waals surface area contributed by atoms with Gasteiger partial charge in [0.1, 0.15) is 5.75 Å². The van der Waals surface area contributed by atoms with E-state index >= 15 is 0 Å². The van der Waals surface area contributed by atoms with E-state index in [4.69, 9.17) is 27.9 Å². The van der Waals surface area contributed by atoms with E-state index in [2.05, 4.69) is 15.8 Å². The Kier molecular flexibility index (Phi) is 8.04. The molecule has 2 amide bonds. The molecule has 158 valence electrons. The zero-order chi connectivity index (χ0) is 22.1. The molecule has 3 rings (SSSR count). The van der Waals surface area contributed by atoms with Gasteiger partial charge in [-0.2, -0.15) is 5.10 Å². The number of nitrogens with one attached hydrogen (secondary N) is 2. The molecule has 0 aliphatic carbocycles. The van der Waals surface area contributed by atoms with Crippen molar-refractivity contribution >= 4 is 46.9 Å². The molecule has 6 nitrogen and oxygen atoms in total. The number of carbonyl (C=O) groups excluding carboxylic acids is 2. The van der Waals surface area contributed by atoms with E-state index in [9.17, 15) is 9.59 Å². The average molecular weight is 456 g/mol. The third-order valence-electron chi connectivity index (χ3n) is 4.08. The molecule has 0 bridgehead atoms. The Morgan fingerprint density at radius 2 is 1.65 bits per heavy atom. The molecule has 3 aromatic carbocycles. The van der Waals surface area contributed by atoms with Gasteiger partial charge in [0.2, 0.25) is 5.91 Å². The maximum Gasteiger partial charge on any atom is 0.262 e. The first kappa shape index (κ1) is 22.3. The molecule has 0 fully saturated rings. The molecule has 0 aliphatic rings. The monoisotopic (exact) mass is 455 g/mol. The predicted octanol–water partition coefficient (Wildman–Crippen LogP) is 4.70. The van der Waals surface area contributed by atoms with Crippen molar-refractivity contribution in [2.24, 2.45) is 5.10 Å². The second-order valence-corrected chi connectivity index (χ2v) is 7.27. The molecule has 31 heavy (non-hydrogen) atoms. The highest BCUT2D eigenvalue weighted by Gasteiger charge is 2.08. The van der Waals surface area contributed by atoms with Crippen LogP contribution in [0.25, 0.3) is 0 Å². The van der Waals surface area contributed by atoms with Gasteiger partial charge >= 0.3 is 0 Å². The topological polar surface area (TPSA) is 79.8 Å². The van der Waals surface area contributed by atoms with Crippen LogP contribution in [0, 0.1) is 0 Å². The minimum Gasteiger partial charge on any atom is -0.483 e. The Bertz CT molecular complexity index is 1090. The number of hydrazone groups is 1. The second kappa shape index (κ2) is 11.2. The Labute approximate surface area is 189 Å². The first-order valence-corrected chi connectivity index (χ1v) is 10.1. The zero-order valence-electron chi connectivity index (χ0n) is 16.3. The number of hydrogen-bond donors (Lipinski definition) is 2. The van der Waals surface area contributed by atoms with Gasteiger partial charge in [0.05, 0.1) is 22.7 Å². The van der Waals surface area contributed by atoms with E-state index in [0.29, 0.717) is 27.0 Å². The van der Waals surface area contributed by atoms with Crippen molar-refractivity contribution in [1.29, 1.82) is 0 Å². The minimum absolute atomic E-state index is 0.217. The van der Waals surface area contributed by atoms with Gasteiger partial charge in [-0.15, -0.1) is 0 Å². The number of hydrogen-bond acceptors (Lipinski definition) is 4. The Hall–Kier alpha value is -3.35. The van der Waals surface area contributed by atoms with Crippen molar-refractivity contribution in [3.63, 3.8) is 0 Å². The van der Waals surface area contributed by atoms with Gasteiger partial charge in [0.25, 0.3) is 5.91 Å². The van der Waals surface area contributed by atoms with Crippen molar-refractivity contribution < 1.29 is 14.3 Å². The van der Waals surface area contributed by atoms with E-state index in [1.165, 1.54) is 6.21 Å². The van der Waals surface area contributed by atoms with Gasteiger partial charge in [-0.05, 0) is 35.9 Å². The SMILES string of the molecule is O=C(Cc1ccccc1)N/N=C/c1ccccc1OCC(=O)Nc1ccc(Cl)c(Cl)c1. The van der Waals surface area contributed by atoms with Gasteiger partial charge in [-0.3, -0.25) is 9.59 Å². The van der Waals surface area contributed by atoms with Gasteiger partial charge in [-0.25, -0.2) is 5.43 Å². The molecule has 0 saturated heterocycles. The maximum atomic E-state index is 12.2. The molecule has 0 radical (unpaired) electrons. The Morgan fingerprint density at radius 1 is 0.903 bits per heavy atom. The fourth-order valence-electron chi connectivity index (χ4n) is 2.63. The lowest BCUT2D eigenvalue weighted by Gasteiger charge is -2.10. The van der Waals surface area contributed by atoms with Crippen LogP contribution in [0.2, 0.25) is 10.0 Å². The summed E-state index contributed by atoms with van der Waals surface area (Å²) in [7, 11) is 0. The smallest absolute Gasteiger partial charge is 0.262 e. The zero-order valence-corrected chi connectivity index (χ0v) is 17.9. The number of carbonyl (C=O) groups is 2. The van der Waals surface area contributed by atoms with Gasteiger partial charge in [0, 0.05) is 11.3 Å². The summed E-state index contributed by atoms with van der Waals surface area (Å²) in [6.07, 6.45) is 1.69. The summed E-state index contributed by atoms with van der Waals surface area (Å²) in [5.74, 6) is -0.143. The summed E-state index contributed by atoms with van der Waals surface area (Å²) in [6, 6.07) is 21.2. The van der Waals surface area contributed by atoms with Crippen molar-refractivity contribution in [1.82, 2.24) is 5.43 Å². The first-order chi connectivity index (χ1) is 15.0. The minimum atomic E-state index is -0.360. The number of halogens is 2. The number of ether oxygens (including phenoxy) is 1. The lowest BCUT2D eigenvalue weighted by Crippen LogP contribution is -2.21. The van der Waals surface area contributed by atoms with E-state index in [1.54, 1.807) is 42.5 Å². The van der Waals surface area contributed by atoms with Crippen LogP contribution in [0.3, 0.4) is 0 Å². The molecule has 8 heteroatoms. The summed E-state index contributed by atoms with van der Waals surface area (Å²) in [5.41, 5.74) is 4.51. The van der Waals surface area contributed by atoms with Crippen molar-refractivity contribution in [2.75, 3.05) is 11.9 Å². The molecule has 0 spiro atoms. The van der Waals surface area contributed by atoms with Crippen LogP contribution >= 0.6 is 23.2 Å². The highest BCUT2D eigenvalue weighted by molar-refractivity contribution is 6.42. The van der Waals surface area contributed by atoms with E-state index in [-0.39, 0.29) is 24.8 Å². The van der Waals surface area contributed by atoms with Crippen LogP contribution in [0.4, 0.5) is 5.69 Å². The van der Waals surface area contributed by atoms with Crippen LogP contribution in [0.5, 0.6) is 5.75 Å². The highest BCUT2D eigenvalue weighted by atomic mass is 35.5. The lowest BCUT2D eigenvalue weighted by atomic mass is 10.1. The third kappa shape index (κ3) is 7.13. The number of nitrogens with zero attached hydrogens (tertiary/aromatic N) is 1. The molecule has 0 atom stereocenters. The highest BCUT2D eigenvalue weighted by Crippen LogP contribution is 2.25. The first-order valence-electron chi connectivity index (χ1n) is 9.34. The molecule has 0 aromatic heterocycles. The van der Waals surface area contributed by atoms with Crippen molar-refractivity contribution in [3.8, 4) is 5.75 Å². The lowest BCUT2D eigenvalue weighted by molar-refractivity contribution is -0.120. The number of amides is 2. The van der Waals surface area contributed by atoms with Gasteiger partial charge in [0.15, 0.2) is 6.61 Å². The summed E-state index contributed by atoms with van der Waals surface area (Å²) in [5, 5.41) is 7.41. The Balaban J connectivity index is 1.53. The van der Waals surface area contributed by atoms with E-state index < -0.39 is 0 Å². The standard InChI is InChI=1S/C23H19Cl2N3O3/c24-19-11-10-18(13-20(19)25)27-23(30)15-31-21-9-5-4-8-17(21)14-26-28-22(29)12-16-6-2-1-3-7-16/h1-11,13-14H,12,15H2,(H,27,30)(H,28,29)/b26-14+. The fourth-order valence-corrected chi connectivity index (χ4v) is 2.93. The van der Waals surface area contributed by atoms with Crippen molar-refractivity contribution in [2.45, 2.75) is 6.42 Å². The number of para-hydroxylation sites is 1. The molecular weight excluding hydrogens is 437 g/mol. The van der Waals surface area contributed by atoms with Crippen LogP contribution in [-0.4, -0.2) is 24.6 Å². The van der Waals surface area contributed by atoms with Crippen LogP contribution in [-0.2, 0) is 16.0 Å². The van der Waals surface area contributed by atoms with Crippen molar-refractivity contribution in [3.05, 3.63) is 94.0 Å². The third-order valence-corrected chi connectivity index (χ3v) is 4.82. The van der Waals surface area contributed by atoms with Crippen LogP contribution < -0.4 is 15.5 Å². The van der Waals surface area contributed by atoms with Gasteiger partial charge < -0.3 is 10.1 Å². The number of rotatable bonds is 8. The molecule has 0 aliphatic heterocycles. The largest absolute Gasteiger partial charge is 0.483 e. The summed E-state index contributed by atoms with van der Waals surface area (Å²) in [6.45, 7) is -0.217. The number of anilines is 1. The number of benzene rings is 3. The normalized spacial score (nSPS) is 10.6. The molecule has 0 unspecified atom stereocenters. The van der Waals surface area contributed by atoms with Crippen LogP contribution in [0.15, 0.2) is 77.9 Å². The average Bonchev–Trinajstić information content (AvgIpc) is 2.76. The summed E-state index contributed by atoms with van der Waals surface area (Å²) in [4.78, 5) is 24.2. The molecule has 2 N–H and O–H groups in total. The van der Waals surface area contributed by atoms with Gasteiger partial charge in [-0.1, -0.05) is 65.7 Å². The summed E-state index contributed by atoms with van der Waals surface area (Å²) >= 11 is 11.8. The molecule has 3 aromatic rings. The predicted molar refractivity (Wildman–Crippen MR) is 123 cm³/mol. The Morgan fingerprint density at radius 3 is 2.42 bits per heavy atom. The van der Waals surface area contributed by atoms with E-state index in [0.717, 1.165) is 5.56 Å². The quantitative estimate of drug-likeness (QED) is 0.381.